The number of nitrogens with one attached hydrogen (secondary N) is 1. The number of aromatic amines is 1. The van der Waals surface area contributed by atoms with Crippen LogP contribution in [0.25, 0.3) is 11.0 Å². The molecule has 3 aromatic rings. The molecule has 116 valence electrons. The van der Waals surface area contributed by atoms with Gasteiger partial charge in [-0.1, -0.05) is 12.1 Å². The minimum Gasteiger partial charge on any atom is -0.353 e. The van der Waals surface area contributed by atoms with Crippen molar-refractivity contribution in [2.45, 2.75) is 0 Å². The van der Waals surface area contributed by atoms with Gasteiger partial charge in [-0.3, -0.25) is 4.79 Å². The van der Waals surface area contributed by atoms with E-state index in [1.807, 2.05) is 41.3 Å². The van der Waals surface area contributed by atoms with Crippen LogP contribution in [0.2, 0.25) is 0 Å². The summed E-state index contributed by atoms with van der Waals surface area (Å²) in [5.74, 6) is 1.01. The Hall–Kier alpha value is -2.89. The number of nitrogens with zero attached hydrogens (tertiary/aromatic N) is 4. The molecule has 2 aromatic heterocycles. The zero-order valence-electron chi connectivity index (χ0n) is 12.6. The number of hydrogen-bond acceptors (Lipinski definition) is 4. The first-order valence-corrected chi connectivity index (χ1v) is 7.70. The first kappa shape index (κ1) is 13.8. The molecular formula is C17H17N5O. The third kappa shape index (κ3) is 2.52. The van der Waals surface area contributed by atoms with E-state index in [0.29, 0.717) is 18.7 Å². The molecule has 0 spiro atoms. The smallest absolute Gasteiger partial charge is 0.256 e. The average molecular weight is 307 g/mol. The molecule has 0 atom stereocenters. The van der Waals surface area contributed by atoms with Crippen molar-refractivity contribution < 1.29 is 4.79 Å². The molecule has 23 heavy (non-hydrogen) atoms. The Morgan fingerprint density at radius 3 is 2.65 bits per heavy atom. The number of amides is 1. The molecule has 1 amide bonds. The highest BCUT2D eigenvalue weighted by Gasteiger charge is 2.24. The van der Waals surface area contributed by atoms with Gasteiger partial charge in [-0.25, -0.2) is 9.97 Å². The van der Waals surface area contributed by atoms with Crippen molar-refractivity contribution in [3.8, 4) is 0 Å². The second-order valence-electron chi connectivity index (χ2n) is 5.57. The van der Waals surface area contributed by atoms with Crippen molar-refractivity contribution in [1.82, 2.24) is 19.9 Å². The molecule has 6 nitrogen and oxygen atoms in total. The highest BCUT2D eigenvalue weighted by Crippen LogP contribution is 2.19. The maximum Gasteiger partial charge on any atom is 0.256 e. The number of para-hydroxylation sites is 1. The first-order chi connectivity index (χ1) is 11.3. The van der Waals surface area contributed by atoms with E-state index in [2.05, 4.69) is 19.9 Å². The molecule has 6 heteroatoms. The third-order valence-electron chi connectivity index (χ3n) is 4.22. The second kappa shape index (κ2) is 5.72. The summed E-state index contributed by atoms with van der Waals surface area (Å²) in [5, 5.41) is 0. The predicted molar refractivity (Wildman–Crippen MR) is 88.4 cm³/mol. The van der Waals surface area contributed by atoms with E-state index in [4.69, 9.17) is 0 Å². The molecular weight excluding hydrogens is 290 g/mol. The van der Waals surface area contributed by atoms with Gasteiger partial charge < -0.3 is 14.8 Å². The summed E-state index contributed by atoms with van der Waals surface area (Å²) in [4.78, 5) is 28.6. The minimum atomic E-state index is 0.0448. The number of benzene rings is 1. The van der Waals surface area contributed by atoms with Crippen molar-refractivity contribution in [3.05, 3.63) is 54.5 Å². The Kier molecular flexibility index (Phi) is 3.42. The van der Waals surface area contributed by atoms with Crippen LogP contribution in [-0.4, -0.2) is 51.9 Å². The topological polar surface area (TPSA) is 65.1 Å². The van der Waals surface area contributed by atoms with Crippen molar-refractivity contribution >= 4 is 22.8 Å². The van der Waals surface area contributed by atoms with Gasteiger partial charge in [0.1, 0.15) is 11.3 Å². The summed E-state index contributed by atoms with van der Waals surface area (Å²) < 4.78 is 0. The molecule has 4 rings (SSSR count). The third-order valence-corrected chi connectivity index (χ3v) is 4.22. The van der Waals surface area contributed by atoms with Crippen LogP contribution >= 0.6 is 0 Å². The van der Waals surface area contributed by atoms with Gasteiger partial charge in [0.15, 0.2) is 0 Å². The van der Waals surface area contributed by atoms with E-state index < -0.39 is 0 Å². The predicted octanol–water partition coefficient (Wildman–Crippen LogP) is 1.92. The number of imidazole rings is 1. The van der Waals surface area contributed by atoms with E-state index in [1.54, 1.807) is 12.5 Å². The van der Waals surface area contributed by atoms with Gasteiger partial charge in [0.25, 0.3) is 5.91 Å². The zero-order valence-corrected chi connectivity index (χ0v) is 12.6. The SMILES string of the molecule is O=C(c1cccc2[nH]cnc12)N1CCN(c2ccccn2)CC1. The Morgan fingerprint density at radius 1 is 1.00 bits per heavy atom. The van der Waals surface area contributed by atoms with Crippen LogP contribution < -0.4 is 4.90 Å². The standard InChI is InChI=1S/C17H17N5O/c23-17(13-4-3-5-14-16(13)20-12-19-14)22-10-8-21(9-11-22)15-6-1-2-7-18-15/h1-7,12H,8-11H2,(H,19,20). The number of piperazine rings is 1. The van der Waals surface area contributed by atoms with Crippen LogP contribution in [0, 0.1) is 0 Å². The van der Waals surface area contributed by atoms with Crippen LogP contribution in [0.4, 0.5) is 5.82 Å². The Balaban J connectivity index is 1.50. The quantitative estimate of drug-likeness (QED) is 0.785. The number of anilines is 1. The van der Waals surface area contributed by atoms with Gasteiger partial charge in [-0.2, -0.15) is 0 Å². The molecule has 0 bridgehead atoms. The molecule has 1 N–H and O–H groups in total. The number of carbonyl (C=O) groups excluding carboxylic acids is 1. The van der Waals surface area contributed by atoms with Crippen molar-refractivity contribution in [2.75, 3.05) is 31.1 Å². The summed E-state index contributed by atoms with van der Waals surface area (Å²) >= 11 is 0. The van der Waals surface area contributed by atoms with Gasteiger partial charge in [0.05, 0.1) is 17.4 Å². The van der Waals surface area contributed by atoms with Crippen molar-refractivity contribution in [3.63, 3.8) is 0 Å². The average Bonchev–Trinajstić information content (AvgIpc) is 3.11. The Bertz CT molecular complexity index is 821. The lowest BCUT2D eigenvalue weighted by Crippen LogP contribution is -2.49. The Morgan fingerprint density at radius 2 is 1.87 bits per heavy atom. The monoisotopic (exact) mass is 307 g/mol. The van der Waals surface area contributed by atoms with Crippen molar-refractivity contribution in [1.29, 1.82) is 0 Å². The van der Waals surface area contributed by atoms with Gasteiger partial charge in [-0.15, -0.1) is 0 Å². The lowest BCUT2D eigenvalue weighted by Gasteiger charge is -2.35. The van der Waals surface area contributed by atoms with Gasteiger partial charge >= 0.3 is 0 Å². The molecule has 1 aromatic carbocycles. The summed E-state index contributed by atoms with van der Waals surface area (Å²) in [6, 6.07) is 11.6. The zero-order chi connectivity index (χ0) is 15.6. The maximum atomic E-state index is 12.8. The summed E-state index contributed by atoms with van der Waals surface area (Å²) in [6.45, 7) is 2.96. The van der Waals surface area contributed by atoms with Crippen LogP contribution in [-0.2, 0) is 0 Å². The summed E-state index contributed by atoms with van der Waals surface area (Å²) in [6.07, 6.45) is 3.42. The first-order valence-electron chi connectivity index (χ1n) is 7.70. The fourth-order valence-electron chi connectivity index (χ4n) is 2.99. The lowest BCUT2D eigenvalue weighted by molar-refractivity contribution is 0.0748. The Labute approximate surface area is 133 Å². The van der Waals surface area contributed by atoms with Crippen LogP contribution in [0.5, 0.6) is 0 Å². The minimum absolute atomic E-state index is 0.0448. The normalized spacial score (nSPS) is 15.1. The summed E-state index contributed by atoms with van der Waals surface area (Å²) in [7, 11) is 0. The second-order valence-corrected chi connectivity index (χ2v) is 5.57. The van der Waals surface area contributed by atoms with E-state index in [9.17, 15) is 4.79 Å². The van der Waals surface area contributed by atoms with Crippen molar-refractivity contribution in [2.24, 2.45) is 0 Å². The number of aromatic nitrogens is 3. The number of rotatable bonds is 2. The van der Waals surface area contributed by atoms with Crippen LogP contribution in [0.1, 0.15) is 10.4 Å². The molecule has 0 saturated carbocycles. The van der Waals surface area contributed by atoms with Gasteiger partial charge in [-0.05, 0) is 24.3 Å². The van der Waals surface area contributed by atoms with E-state index >= 15 is 0 Å². The number of pyridine rings is 1. The molecule has 0 aliphatic carbocycles. The van der Waals surface area contributed by atoms with Gasteiger partial charge in [0.2, 0.25) is 0 Å². The molecule has 0 radical (unpaired) electrons. The molecule has 0 unspecified atom stereocenters. The maximum absolute atomic E-state index is 12.8. The lowest BCUT2D eigenvalue weighted by atomic mass is 10.1. The van der Waals surface area contributed by atoms with Gasteiger partial charge in [0, 0.05) is 32.4 Å². The largest absolute Gasteiger partial charge is 0.353 e. The number of carbonyl (C=O) groups is 1. The fourth-order valence-corrected chi connectivity index (χ4v) is 2.99. The molecule has 1 aliphatic rings. The number of hydrogen-bond donors (Lipinski definition) is 1. The molecule has 3 heterocycles. The van der Waals surface area contributed by atoms with E-state index in [1.165, 1.54) is 0 Å². The fraction of sp³-hybridized carbons (Fsp3) is 0.235. The molecule has 1 fully saturated rings. The van der Waals surface area contributed by atoms with E-state index in [0.717, 1.165) is 29.9 Å². The summed E-state index contributed by atoms with van der Waals surface area (Å²) in [5.41, 5.74) is 2.29. The van der Waals surface area contributed by atoms with E-state index in [-0.39, 0.29) is 5.91 Å². The highest BCUT2D eigenvalue weighted by atomic mass is 16.2. The molecule has 1 aliphatic heterocycles. The van der Waals surface area contributed by atoms with Crippen LogP contribution in [0.15, 0.2) is 48.9 Å². The molecule has 1 saturated heterocycles. The number of fused-ring (bicyclic) bond motifs is 1. The highest BCUT2D eigenvalue weighted by molar-refractivity contribution is 6.04. The van der Waals surface area contributed by atoms with Crippen LogP contribution in [0.3, 0.4) is 0 Å². The number of H-pyrrole nitrogens is 1.